The Balaban J connectivity index is 1.57. The monoisotopic (exact) mass is 343 g/mol. The van der Waals surface area contributed by atoms with E-state index in [9.17, 15) is 0 Å². The summed E-state index contributed by atoms with van der Waals surface area (Å²) < 4.78 is 8.07. The normalized spacial score (nSPS) is 20.8. The standard InChI is InChI=1S/C19H22ClN3O/c1-13(2)23-10-9-19(22-23)14-3-6-16(7-4-14)24-17-8-5-15(12-21)18(20)11-17/h5,8-11,13-14,16H,3-4,6-7H2,1-2H3/t14-,16-. The summed E-state index contributed by atoms with van der Waals surface area (Å²) in [6.45, 7) is 4.29. The third-order valence-electron chi connectivity index (χ3n) is 4.61. The maximum absolute atomic E-state index is 8.92. The lowest BCUT2D eigenvalue weighted by Crippen LogP contribution is -2.23. The van der Waals surface area contributed by atoms with Gasteiger partial charge in [0.05, 0.1) is 22.4 Å². The Morgan fingerprint density at radius 3 is 2.58 bits per heavy atom. The lowest BCUT2D eigenvalue weighted by Gasteiger charge is -2.28. The van der Waals surface area contributed by atoms with Crippen LogP contribution in [0.5, 0.6) is 5.75 Å². The van der Waals surface area contributed by atoms with Gasteiger partial charge in [0, 0.05) is 24.2 Å². The molecule has 126 valence electrons. The Labute approximate surface area is 148 Å². The first-order valence-electron chi connectivity index (χ1n) is 8.48. The molecule has 1 aromatic heterocycles. The van der Waals surface area contributed by atoms with Gasteiger partial charge in [-0.25, -0.2) is 0 Å². The summed E-state index contributed by atoms with van der Waals surface area (Å²) in [6.07, 6.45) is 6.47. The van der Waals surface area contributed by atoms with Gasteiger partial charge in [0.2, 0.25) is 0 Å². The highest BCUT2D eigenvalue weighted by molar-refractivity contribution is 6.31. The molecule has 4 nitrogen and oxygen atoms in total. The molecule has 0 saturated heterocycles. The van der Waals surface area contributed by atoms with Crippen LogP contribution in [0, 0.1) is 11.3 Å². The van der Waals surface area contributed by atoms with Crippen LogP contribution in [0.1, 0.15) is 62.7 Å². The van der Waals surface area contributed by atoms with E-state index in [4.69, 9.17) is 26.7 Å². The van der Waals surface area contributed by atoms with E-state index in [2.05, 4.69) is 32.2 Å². The van der Waals surface area contributed by atoms with Crippen LogP contribution in [-0.2, 0) is 0 Å². The van der Waals surface area contributed by atoms with E-state index in [1.807, 2.05) is 10.7 Å². The maximum Gasteiger partial charge on any atom is 0.121 e. The molecular weight excluding hydrogens is 322 g/mol. The number of benzene rings is 1. The van der Waals surface area contributed by atoms with Gasteiger partial charge >= 0.3 is 0 Å². The Hall–Kier alpha value is -1.99. The summed E-state index contributed by atoms with van der Waals surface area (Å²) in [5.41, 5.74) is 1.68. The van der Waals surface area contributed by atoms with Crippen molar-refractivity contribution in [3.63, 3.8) is 0 Å². The maximum atomic E-state index is 8.92. The number of nitriles is 1. The topological polar surface area (TPSA) is 50.8 Å². The van der Waals surface area contributed by atoms with Gasteiger partial charge in [-0.15, -0.1) is 0 Å². The zero-order valence-corrected chi connectivity index (χ0v) is 14.8. The molecule has 5 heteroatoms. The highest BCUT2D eigenvalue weighted by atomic mass is 35.5. The summed E-state index contributed by atoms with van der Waals surface area (Å²) in [5, 5.41) is 14.1. The molecule has 0 unspecified atom stereocenters. The van der Waals surface area contributed by atoms with Crippen molar-refractivity contribution in [3.8, 4) is 11.8 Å². The quantitative estimate of drug-likeness (QED) is 0.776. The molecule has 0 atom stereocenters. The van der Waals surface area contributed by atoms with E-state index < -0.39 is 0 Å². The van der Waals surface area contributed by atoms with Crippen molar-refractivity contribution >= 4 is 11.6 Å². The summed E-state index contributed by atoms with van der Waals surface area (Å²) in [5.74, 6) is 1.26. The van der Waals surface area contributed by atoms with Gasteiger partial charge in [-0.05, 0) is 57.7 Å². The van der Waals surface area contributed by atoms with Crippen molar-refractivity contribution in [2.75, 3.05) is 0 Å². The highest BCUT2D eigenvalue weighted by Crippen LogP contribution is 2.34. The SMILES string of the molecule is CC(C)n1ccc([C@H]2CC[C@H](Oc3ccc(C#N)c(Cl)c3)CC2)n1. The van der Waals surface area contributed by atoms with Crippen molar-refractivity contribution in [1.82, 2.24) is 9.78 Å². The molecule has 3 rings (SSSR count). The van der Waals surface area contributed by atoms with Gasteiger partial charge < -0.3 is 4.74 Å². The molecule has 1 fully saturated rings. The fourth-order valence-electron chi connectivity index (χ4n) is 3.19. The molecule has 2 aromatic rings. The molecule has 24 heavy (non-hydrogen) atoms. The first-order chi connectivity index (χ1) is 11.6. The molecule has 0 N–H and O–H groups in total. The van der Waals surface area contributed by atoms with E-state index in [1.165, 1.54) is 5.69 Å². The predicted octanol–water partition coefficient (Wildman–Crippen LogP) is 5.09. The molecule has 0 spiro atoms. The van der Waals surface area contributed by atoms with Gasteiger partial charge in [-0.2, -0.15) is 10.4 Å². The minimum absolute atomic E-state index is 0.206. The largest absolute Gasteiger partial charge is 0.490 e. The fourth-order valence-corrected chi connectivity index (χ4v) is 3.40. The third-order valence-corrected chi connectivity index (χ3v) is 4.93. The number of hydrogen-bond donors (Lipinski definition) is 0. The van der Waals surface area contributed by atoms with E-state index in [1.54, 1.807) is 12.1 Å². The van der Waals surface area contributed by atoms with Crippen molar-refractivity contribution < 1.29 is 4.74 Å². The predicted molar refractivity (Wildman–Crippen MR) is 94.4 cm³/mol. The summed E-state index contributed by atoms with van der Waals surface area (Å²) in [7, 11) is 0. The number of rotatable bonds is 4. The summed E-state index contributed by atoms with van der Waals surface area (Å²) in [4.78, 5) is 0. The average molecular weight is 344 g/mol. The van der Waals surface area contributed by atoms with Crippen LogP contribution in [0.3, 0.4) is 0 Å². The average Bonchev–Trinajstić information content (AvgIpc) is 3.06. The molecule has 1 saturated carbocycles. The second kappa shape index (κ2) is 7.27. The first-order valence-corrected chi connectivity index (χ1v) is 8.86. The van der Waals surface area contributed by atoms with Crippen LogP contribution < -0.4 is 4.74 Å². The summed E-state index contributed by atoms with van der Waals surface area (Å²) >= 11 is 6.07. The lowest BCUT2D eigenvalue weighted by molar-refractivity contribution is 0.145. The Morgan fingerprint density at radius 1 is 1.25 bits per heavy atom. The zero-order valence-electron chi connectivity index (χ0n) is 14.1. The Morgan fingerprint density at radius 2 is 2.00 bits per heavy atom. The van der Waals surface area contributed by atoms with Gasteiger partial charge in [0.15, 0.2) is 0 Å². The van der Waals surface area contributed by atoms with Crippen molar-refractivity contribution in [1.29, 1.82) is 5.26 Å². The van der Waals surface area contributed by atoms with Crippen LogP contribution in [0.2, 0.25) is 5.02 Å². The Bertz CT molecular complexity index is 739. The minimum Gasteiger partial charge on any atom is -0.490 e. The van der Waals surface area contributed by atoms with Crippen LogP contribution >= 0.6 is 11.6 Å². The van der Waals surface area contributed by atoms with Gasteiger partial charge in [-0.3, -0.25) is 4.68 Å². The second-order valence-corrected chi connectivity index (χ2v) is 7.07. The first kappa shape index (κ1) is 16.9. The van der Waals surface area contributed by atoms with Crippen molar-refractivity contribution in [3.05, 3.63) is 46.7 Å². The van der Waals surface area contributed by atoms with Gasteiger partial charge in [0.1, 0.15) is 11.8 Å². The minimum atomic E-state index is 0.206. The number of hydrogen-bond acceptors (Lipinski definition) is 3. The van der Waals surface area contributed by atoms with E-state index >= 15 is 0 Å². The molecule has 0 bridgehead atoms. The van der Waals surface area contributed by atoms with Crippen LogP contribution in [0.25, 0.3) is 0 Å². The smallest absolute Gasteiger partial charge is 0.121 e. The number of ether oxygens (including phenoxy) is 1. The molecule has 1 aromatic carbocycles. The van der Waals surface area contributed by atoms with E-state index in [0.29, 0.717) is 22.5 Å². The molecule has 0 aliphatic heterocycles. The number of halogens is 1. The van der Waals surface area contributed by atoms with Gasteiger partial charge in [0.25, 0.3) is 0 Å². The number of aromatic nitrogens is 2. The number of nitrogens with zero attached hydrogens (tertiary/aromatic N) is 3. The lowest BCUT2D eigenvalue weighted by atomic mass is 9.85. The fraction of sp³-hybridized carbons (Fsp3) is 0.474. The van der Waals surface area contributed by atoms with Crippen LogP contribution in [-0.4, -0.2) is 15.9 Å². The summed E-state index contributed by atoms with van der Waals surface area (Å²) in [6, 6.07) is 9.87. The molecule has 1 aliphatic carbocycles. The van der Waals surface area contributed by atoms with Crippen molar-refractivity contribution in [2.24, 2.45) is 0 Å². The van der Waals surface area contributed by atoms with E-state index in [0.717, 1.165) is 31.4 Å². The third kappa shape index (κ3) is 3.73. The highest BCUT2D eigenvalue weighted by Gasteiger charge is 2.25. The van der Waals surface area contributed by atoms with Crippen molar-refractivity contribution in [2.45, 2.75) is 57.6 Å². The zero-order chi connectivity index (χ0) is 17.1. The van der Waals surface area contributed by atoms with Gasteiger partial charge in [-0.1, -0.05) is 11.6 Å². The molecule has 1 aliphatic rings. The van der Waals surface area contributed by atoms with E-state index in [-0.39, 0.29) is 6.10 Å². The van der Waals surface area contributed by atoms with Crippen LogP contribution in [0.4, 0.5) is 0 Å². The molecule has 0 amide bonds. The molecule has 1 heterocycles. The second-order valence-electron chi connectivity index (χ2n) is 6.66. The van der Waals surface area contributed by atoms with Crippen LogP contribution in [0.15, 0.2) is 30.5 Å². The molecular formula is C19H22ClN3O. The Kier molecular flexibility index (Phi) is 5.11. The molecule has 0 radical (unpaired) electrons.